The quantitative estimate of drug-likeness (QED) is 0.421. The van der Waals surface area contributed by atoms with Crippen molar-refractivity contribution in [3.05, 3.63) is 42.1 Å². The van der Waals surface area contributed by atoms with Crippen molar-refractivity contribution in [3.63, 3.8) is 0 Å². The molecule has 0 fully saturated rings. The van der Waals surface area contributed by atoms with E-state index in [0.29, 0.717) is 0 Å². The van der Waals surface area contributed by atoms with Crippen molar-refractivity contribution in [2.75, 3.05) is 0 Å². The molecule has 0 saturated carbocycles. The number of unbranched alkanes of at least 4 members (excludes halogenated alkanes) is 9. The van der Waals surface area contributed by atoms with Crippen LogP contribution in [-0.2, 0) is 6.42 Å². The monoisotopic (exact) mass is 297 g/mol. The number of hydrogen-bond acceptors (Lipinski definition) is 1. The zero-order valence-electron chi connectivity index (χ0n) is 14.2. The highest BCUT2D eigenvalue weighted by atomic mass is 14.6. The first-order chi connectivity index (χ1) is 10.9. The van der Waals surface area contributed by atoms with Gasteiger partial charge in [-0.05, 0) is 36.6 Å². The number of hydrogen-bond donors (Lipinski definition) is 0. The van der Waals surface area contributed by atoms with Crippen LogP contribution in [0.5, 0.6) is 0 Å². The van der Waals surface area contributed by atoms with E-state index < -0.39 is 0 Å². The molecule has 120 valence electrons. The van der Waals surface area contributed by atoms with E-state index in [2.05, 4.69) is 36.2 Å². The van der Waals surface area contributed by atoms with Gasteiger partial charge in [0.15, 0.2) is 0 Å². The smallest absolute Gasteiger partial charge is 0.0702 e. The predicted molar refractivity (Wildman–Crippen MR) is 97.3 cm³/mol. The summed E-state index contributed by atoms with van der Waals surface area (Å²) >= 11 is 0. The van der Waals surface area contributed by atoms with Crippen molar-refractivity contribution in [2.45, 2.75) is 77.6 Å². The Morgan fingerprint density at radius 1 is 0.773 bits per heavy atom. The van der Waals surface area contributed by atoms with E-state index >= 15 is 0 Å². The molecule has 0 aliphatic heterocycles. The van der Waals surface area contributed by atoms with Crippen molar-refractivity contribution in [1.82, 2.24) is 4.98 Å². The molecule has 0 aliphatic carbocycles. The summed E-state index contributed by atoms with van der Waals surface area (Å²) in [5.41, 5.74) is 2.56. The predicted octanol–water partition coefficient (Wildman–Crippen LogP) is 6.70. The molecule has 1 aromatic carbocycles. The fourth-order valence-corrected chi connectivity index (χ4v) is 3.10. The van der Waals surface area contributed by atoms with E-state index in [4.69, 9.17) is 0 Å². The van der Waals surface area contributed by atoms with Crippen LogP contribution in [0.4, 0.5) is 0 Å². The van der Waals surface area contributed by atoms with Gasteiger partial charge in [-0.15, -0.1) is 0 Å². The van der Waals surface area contributed by atoms with E-state index in [1.54, 1.807) is 0 Å². The van der Waals surface area contributed by atoms with Crippen LogP contribution in [0.1, 0.15) is 76.7 Å². The molecule has 0 atom stereocenters. The van der Waals surface area contributed by atoms with E-state index in [9.17, 15) is 0 Å². The lowest BCUT2D eigenvalue weighted by Gasteiger charge is -2.04. The zero-order chi connectivity index (χ0) is 15.5. The summed E-state index contributed by atoms with van der Waals surface area (Å²) in [6.07, 6.45) is 17.1. The zero-order valence-corrected chi connectivity index (χ0v) is 14.2. The molecule has 2 rings (SSSR count). The van der Waals surface area contributed by atoms with Crippen LogP contribution in [0.3, 0.4) is 0 Å². The standard InChI is InChI=1S/C21H31N/c1-2-3-4-5-6-7-8-9-10-11-13-19-15-16-21-20(18-19)14-12-17-22-21/h12,14-18H,2-11,13H2,1H3. The fraction of sp³-hybridized carbons (Fsp3) is 0.571. The average Bonchev–Trinajstić information content (AvgIpc) is 2.56. The van der Waals surface area contributed by atoms with Crippen molar-refractivity contribution in [3.8, 4) is 0 Å². The van der Waals surface area contributed by atoms with Crippen molar-refractivity contribution in [2.24, 2.45) is 0 Å². The Kier molecular flexibility index (Phi) is 8.01. The summed E-state index contributed by atoms with van der Waals surface area (Å²) in [7, 11) is 0. The minimum Gasteiger partial charge on any atom is -0.256 e. The Labute approximate surface area is 136 Å². The number of nitrogens with zero attached hydrogens (tertiary/aromatic N) is 1. The van der Waals surface area contributed by atoms with Crippen LogP contribution >= 0.6 is 0 Å². The van der Waals surface area contributed by atoms with Crippen LogP contribution in [0.2, 0.25) is 0 Å². The highest BCUT2D eigenvalue weighted by molar-refractivity contribution is 5.78. The van der Waals surface area contributed by atoms with E-state index in [1.165, 1.54) is 81.6 Å². The van der Waals surface area contributed by atoms with Gasteiger partial charge in [-0.1, -0.05) is 76.8 Å². The maximum Gasteiger partial charge on any atom is 0.0702 e. The number of rotatable bonds is 11. The topological polar surface area (TPSA) is 12.9 Å². The number of aryl methyl sites for hydroxylation is 1. The summed E-state index contributed by atoms with van der Waals surface area (Å²) in [5.74, 6) is 0. The number of aromatic nitrogens is 1. The maximum absolute atomic E-state index is 4.38. The summed E-state index contributed by atoms with van der Waals surface area (Å²) in [6, 6.07) is 10.9. The second-order valence-corrected chi connectivity index (χ2v) is 6.46. The van der Waals surface area contributed by atoms with Crippen LogP contribution in [-0.4, -0.2) is 4.98 Å². The highest BCUT2D eigenvalue weighted by Crippen LogP contribution is 2.16. The minimum absolute atomic E-state index is 1.11. The Morgan fingerprint density at radius 3 is 2.18 bits per heavy atom. The van der Waals surface area contributed by atoms with E-state index in [1.807, 2.05) is 12.3 Å². The molecule has 0 spiro atoms. The molecule has 0 unspecified atom stereocenters. The molecule has 0 saturated heterocycles. The molecule has 1 nitrogen and oxygen atoms in total. The summed E-state index contributed by atoms with van der Waals surface area (Å²) in [4.78, 5) is 4.38. The molecule has 0 aliphatic rings. The lowest BCUT2D eigenvalue weighted by Crippen LogP contribution is -1.88. The van der Waals surface area contributed by atoms with E-state index in [0.717, 1.165) is 5.52 Å². The summed E-state index contributed by atoms with van der Waals surface area (Å²) in [5, 5.41) is 1.27. The van der Waals surface area contributed by atoms with Gasteiger partial charge < -0.3 is 0 Å². The van der Waals surface area contributed by atoms with Gasteiger partial charge in [0.25, 0.3) is 0 Å². The Morgan fingerprint density at radius 2 is 1.45 bits per heavy atom. The van der Waals surface area contributed by atoms with Crippen molar-refractivity contribution < 1.29 is 0 Å². The summed E-state index contributed by atoms with van der Waals surface area (Å²) < 4.78 is 0. The van der Waals surface area contributed by atoms with Gasteiger partial charge in [0.05, 0.1) is 5.52 Å². The molecule has 1 heterocycles. The van der Waals surface area contributed by atoms with Gasteiger partial charge in [-0.25, -0.2) is 0 Å². The first-order valence-electron chi connectivity index (χ1n) is 9.24. The third-order valence-electron chi connectivity index (χ3n) is 4.49. The van der Waals surface area contributed by atoms with Crippen molar-refractivity contribution in [1.29, 1.82) is 0 Å². The minimum atomic E-state index is 1.11. The van der Waals surface area contributed by atoms with Crippen LogP contribution in [0, 0.1) is 0 Å². The average molecular weight is 297 g/mol. The fourth-order valence-electron chi connectivity index (χ4n) is 3.10. The molecular weight excluding hydrogens is 266 g/mol. The number of fused-ring (bicyclic) bond motifs is 1. The molecule has 0 radical (unpaired) electrons. The molecule has 0 bridgehead atoms. The molecule has 1 aromatic heterocycles. The molecule has 2 aromatic rings. The number of benzene rings is 1. The lowest BCUT2D eigenvalue weighted by molar-refractivity contribution is 0.556. The Hall–Kier alpha value is -1.37. The van der Waals surface area contributed by atoms with Gasteiger partial charge in [-0.2, -0.15) is 0 Å². The summed E-state index contributed by atoms with van der Waals surface area (Å²) in [6.45, 7) is 2.28. The normalized spacial score (nSPS) is 11.1. The molecule has 0 N–H and O–H groups in total. The largest absolute Gasteiger partial charge is 0.256 e. The van der Waals surface area contributed by atoms with Crippen molar-refractivity contribution >= 4 is 10.9 Å². The SMILES string of the molecule is CCCCCCCCCCCCc1ccc2ncccc2c1. The van der Waals surface area contributed by atoms with Crippen LogP contribution in [0.25, 0.3) is 10.9 Å². The van der Waals surface area contributed by atoms with Crippen LogP contribution < -0.4 is 0 Å². The van der Waals surface area contributed by atoms with Gasteiger partial charge in [0, 0.05) is 11.6 Å². The second-order valence-electron chi connectivity index (χ2n) is 6.46. The third-order valence-corrected chi connectivity index (χ3v) is 4.49. The first kappa shape index (κ1) is 17.0. The molecular formula is C21H31N. The van der Waals surface area contributed by atoms with Gasteiger partial charge in [-0.3, -0.25) is 4.98 Å². The van der Waals surface area contributed by atoms with Gasteiger partial charge in [0.1, 0.15) is 0 Å². The van der Waals surface area contributed by atoms with E-state index in [-0.39, 0.29) is 0 Å². The Balaban J connectivity index is 1.54. The first-order valence-corrected chi connectivity index (χ1v) is 9.24. The highest BCUT2D eigenvalue weighted by Gasteiger charge is 1.98. The number of pyridine rings is 1. The van der Waals surface area contributed by atoms with Gasteiger partial charge >= 0.3 is 0 Å². The van der Waals surface area contributed by atoms with Gasteiger partial charge in [0.2, 0.25) is 0 Å². The Bertz CT molecular complexity index is 532. The molecule has 1 heteroatoms. The lowest BCUT2D eigenvalue weighted by atomic mass is 10.0. The van der Waals surface area contributed by atoms with Crippen LogP contribution in [0.15, 0.2) is 36.5 Å². The molecule has 0 amide bonds. The third kappa shape index (κ3) is 6.17. The second kappa shape index (κ2) is 10.4. The molecule has 22 heavy (non-hydrogen) atoms. The maximum atomic E-state index is 4.38.